The Bertz CT molecular complexity index is 779. The molecule has 0 unspecified atom stereocenters. The average molecular weight is 384 g/mol. The van der Waals surface area contributed by atoms with Crippen LogP contribution in [0.15, 0.2) is 30.3 Å². The van der Waals surface area contributed by atoms with Crippen molar-refractivity contribution < 1.29 is 9.59 Å². The molecule has 1 fully saturated rings. The molecule has 1 aromatic heterocycles. The van der Waals surface area contributed by atoms with Gasteiger partial charge in [-0.05, 0) is 44.7 Å². The van der Waals surface area contributed by atoms with Gasteiger partial charge in [-0.25, -0.2) is 0 Å². The van der Waals surface area contributed by atoms with Crippen molar-refractivity contribution in [2.24, 2.45) is 5.92 Å². The molecular formula is C20H28N6O2. The quantitative estimate of drug-likeness (QED) is 0.787. The van der Waals surface area contributed by atoms with E-state index in [0.29, 0.717) is 5.82 Å². The number of rotatable bonds is 7. The molecule has 1 aliphatic rings. The summed E-state index contributed by atoms with van der Waals surface area (Å²) < 4.78 is 0. The molecule has 0 spiro atoms. The van der Waals surface area contributed by atoms with Crippen LogP contribution in [0.4, 0.5) is 0 Å². The van der Waals surface area contributed by atoms with Crippen LogP contribution in [0.1, 0.15) is 39.5 Å². The summed E-state index contributed by atoms with van der Waals surface area (Å²) in [5, 5.41) is 15.3. The lowest BCUT2D eigenvalue weighted by atomic mass is 9.85. The van der Waals surface area contributed by atoms with E-state index in [1.54, 1.807) is 0 Å². The fraction of sp³-hybridized carbons (Fsp3) is 0.550. The summed E-state index contributed by atoms with van der Waals surface area (Å²) in [5.41, 5.74) is 0.866. The molecule has 1 aliphatic carbocycles. The van der Waals surface area contributed by atoms with Gasteiger partial charge in [-0.3, -0.25) is 9.59 Å². The predicted molar refractivity (Wildman–Crippen MR) is 105 cm³/mol. The molecule has 8 heteroatoms. The number of hydrogen-bond donors (Lipinski definition) is 1. The second-order valence-electron chi connectivity index (χ2n) is 7.14. The van der Waals surface area contributed by atoms with Gasteiger partial charge in [0.2, 0.25) is 17.6 Å². The smallest absolute Gasteiger partial charge is 0.243 e. The summed E-state index contributed by atoms with van der Waals surface area (Å²) in [5.74, 6) is 0.702. The molecule has 1 heterocycles. The molecule has 1 N–H and O–H groups in total. The zero-order valence-corrected chi connectivity index (χ0v) is 16.5. The van der Waals surface area contributed by atoms with Crippen molar-refractivity contribution in [3.63, 3.8) is 0 Å². The van der Waals surface area contributed by atoms with E-state index < -0.39 is 0 Å². The van der Waals surface area contributed by atoms with Crippen LogP contribution in [-0.2, 0) is 16.1 Å². The summed E-state index contributed by atoms with van der Waals surface area (Å²) in [6.45, 7) is 5.56. The fourth-order valence-corrected chi connectivity index (χ4v) is 3.69. The summed E-state index contributed by atoms with van der Waals surface area (Å²) in [4.78, 5) is 28.0. The van der Waals surface area contributed by atoms with Crippen LogP contribution in [-0.4, -0.2) is 56.1 Å². The van der Waals surface area contributed by atoms with Crippen LogP contribution >= 0.6 is 0 Å². The first kappa shape index (κ1) is 20.0. The SMILES string of the molecule is CCN(CC)C(=O)C1CCC(NC(=O)Cn2nnc(-c3ccccc3)n2)CC1. The zero-order valence-electron chi connectivity index (χ0n) is 16.5. The third-order valence-corrected chi connectivity index (χ3v) is 5.29. The van der Waals surface area contributed by atoms with Gasteiger partial charge in [-0.15, -0.1) is 10.2 Å². The highest BCUT2D eigenvalue weighted by molar-refractivity contribution is 5.79. The maximum atomic E-state index is 12.5. The van der Waals surface area contributed by atoms with Crippen LogP contribution < -0.4 is 5.32 Å². The molecule has 0 aliphatic heterocycles. The summed E-state index contributed by atoms with van der Waals surface area (Å²) >= 11 is 0. The monoisotopic (exact) mass is 384 g/mol. The Labute approximate surface area is 165 Å². The molecule has 2 amide bonds. The molecule has 1 saturated carbocycles. The lowest BCUT2D eigenvalue weighted by Crippen LogP contribution is -2.43. The number of nitrogens with zero attached hydrogens (tertiary/aromatic N) is 5. The number of carbonyl (C=O) groups is 2. The Morgan fingerprint density at radius 3 is 2.43 bits per heavy atom. The number of carbonyl (C=O) groups excluding carboxylic acids is 2. The lowest BCUT2D eigenvalue weighted by Gasteiger charge is -2.31. The van der Waals surface area contributed by atoms with Gasteiger partial charge < -0.3 is 10.2 Å². The fourth-order valence-electron chi connectivity index (χ4n) is 3.69. The standard InChI is InChI=1S/C20H28N6O2/c1-3-25(4-2)20(28)16-10-12-17(13-11-16)21-18(27)14-26-23-19(22-24-26)15-8-6-5-7-9-15/h5-9,16-17H,3-4,10-14H2,1-2H3,(H,21,27). The van der Waals surface area contributed by atoms with E-state index in [4.69, 9.17) is 0 Å². The topological polar surface area (TPSA) is 93.0 Å². The van der Waals surface area contributed by atoms with Crippen LogP contribution in [0.3, 0.4) is 0 Å². The summed E-state index contributed by atoms with van der Waals surface area (Å²) in [6.07, 6.45) is 3.28. The van der Waals surface area contributed by atoms with Gasteiger partial charge in [0.25, 0.3) is 0 Å². The summed E-state index contributed by atoms with van der Waals surface area (Å²) in [6, 6.07) is 9.64. The molecule has 1 aromatic carbocycles. The number of hydrogen-bond acceptors (Lipinski definition) is 5. The van der Waals surface area contributed by atoms with Crippen LogP contribution in [0.2, 0.25) is 0 Å². The minimum absolute atomic E-state index is 0.0398. The van der Waals surface area contributed by atoms with Crippen molar-refractivity contribution in [3.05, 3.63) is 30.3 Å². The predicted octanol–water partition coefficient (Wildman–Crippen LogP) is 1.88. The Morgan fingerprint density at radius 2 is 1.79 bits per heavy atom. The van der Waals surface area contributed by atoms with Crippen molar-refractivity contribution in [3.8, 4) is 11.4 Å². The van der Waals surface area contributed by atoms with E-state index in [0.717, 1.165) is 44.3 Å². The highest BCUT2D eigenvalue weighted by atomic mass is 16.2. The largest absolute Gasteiger partial charge is 0.352 e. The van der Waals surface area contributed by atoms with Gasteiger partial charge in [0, 0.05) is 30.6 Å². The third-order valence-electron chi connectivity index (χ3n) is 5.29. The van der Waals surface area contributed by atoms with Crippen molar-refractivity contribution in [1.29, 1.82) is 0 Å². The molecule has 0 bridgehead atoms. The minimum atomic E-state index is -0.129. The van der Waals surface area contributed by atoms with Crippen molar-refractivity contribution in [2.75, 3.05) is 13.1 Å². The Hall–Kier alpha value is -2.77. The van der Waals surface area contributed by atoms with Crippen molar-refractivity contribution in [2.45, 2.75) is 52.1 Å². The second kappa shape index (κ2) is 9.43. The van der Waals surface area contributed by atoms with Crippen molar-refractivity contribution in [1.82, 2.24) is 30.4 Å². The molecule has 2 aromatic rings. The van der Waals surface area contributed by atoms with Gasteiger partial charge >= 0.3 is 0 Å². The molecule has 28 heavy (non-hydrogen) atoms. The van der Waals surface area contributed by atoms with Gasteiger partial charge in [-0.1, -0.05) is 30.3 Å². The Balaban J connectivity index is 1.46. The molecule has 150 valence electrons. The Kier molecular flexibility index (Phi) is 6.73. The molecule has 3 rings (SSSR count). The first-order valence-electron chi connectivity index (χ1n) is 10.0. The van der Waals surface area contributed by atoms with Gasteiger partial charge in [-0.2, -0.15) is 4.80 Å². The van der Waals surface area contributed by atoms with E-state index in [2.05, 4.69) is 20.7 Å². The van der Waals surface area contributed by atoms with E-state index in [1.165, 1.54) is 4.80 Å². The molecule has 8 nitrogen and oxygen atoms in total. The number of tetrazole rings is 1. The van der Waals surface area contributed by atoms with Gasteiger partial charge in [0.15, 0.2) is 0 Å². The van der Waals surface area contributed by atoms with Gasteiger partial charge in [0.05, 0.1) is 0 Å². The minimum Gasteiger partial charge on any atom is -0.352 e. The molecule has 0 saturated heterocycles. The van der Waals surface area contributed by atoms with Crippen LogP contribution in [0.25, 0.3) is 11.4 Å². The maximum Gasteiger partial charge on any atom is 0.243 e. The van der Waals surface area contributed by atoms with E-state index in [-0.39, 0.29) is 30.3 Å². The number of nitrogens with one attached hydrogen (secondary N) is 1. The molecule has 0 atom stereocenters. The van der Waals surface area contributed by atoms with Crippen molar-refractivity contribution >= 4 is 11.8 Å². The second-order valence-corrected chi connectivity index (χ2v) is 7.14. The molecule has 0 radical (unpaired) electrons. The van der Waals surface area contributed by atoms with E-state index in [9.17, 15) is 9.59 Å². The number of benzene rings is 1. The first-order chi connectivity index (χ1) is 13.6. The lowest BCUT2D eigenvalue weighted by molar-refractivity contribution is -0.136. The zero-order chi connectivity index (χ0) is 19.9. The van der Waals surface area contributed by atoms with E-state index in [1.807, 2.05) is 49.1 Å². The third kappa shape index (κ3) is 4.94. The van der Waals surface area contributed by atoms with Crippen LogP contribution in [0, 0.1) is 5.92 Å². The first-order valence-corrected chi connectivity index (χ1v) is 10.0. The molecular weight excluding hydrogens is 356 g/mol. The average Bonchev–Trinajstić information content (AvgIpc) is 3.18. The highest BCUT2D eigenvalue weighted by Gasteiger charge is 2.29. The van der Waals surface area contributed by atoms with Gasteiger partial charge in [0.1, 0.15) is 6.54 Å². The maximum absolute atomic E-state index is 12.5. The highest BCUT2D eigenvalue weighted by Crippen LogP contribution is 2.26. The van der Waals surface area contributed by atoms with Crippen LogP contribution in [0.5, 0.6) is 0 Å². The normalized spacial score (nSPS) is 19.2. The van der Waals surface area contributed by atoms with E-state index >= 15 is 0 Å². The number of amides is 2. The number of aromatic nitrogens is 4. The summed E-state index contributed by atoms with van der Waals surface area (Å²) in [7, 11) is 0. The Morgan fingerprint density at radius 1 is 1.11 bits per heavy atom.